The number of hydrogen-bond acceptors (Lipinski definition) is 6. The normalized spacial score (nSPS) is 24.8. The summed E-state index contributed by atoms with van der Waals surface area (Å²) in [7, 11) is 0. The van der Waals surface area contributed by atoms with Gasteiger partial charge in [-0.3, -0.25) is 20.2 Å². The predicted molar refractivity (Wildman–Crippen MR) is 80.7 cm³/mol. The van der Waals surface area contributed by atoms with Crippen LogP contribution in [-0.2, 0) is 0 Å². The smallest absolute Gasteiger partial charge is 0.263 e. The van der Waals surface area contributed by atoms with Gasteiger partial charge in [-0.1, -0.05) is 12.1 Å². The average molecular weight is 322 g/mol. The Morgan fingerprint density at radius 3 is 2.48 bits per heavy atom. The van der Waals surface area contributed by atoms with Gasteiger partial charge in [0.15, 0.2) is 0 Å². The Balaban J connectivity index is 2.04. The molecule has 0 saturated heterocycles. The number of nitro groups is 2. The standard InChI is InChI=1S/C13H10N2O4S2/c16-14(17)12(7-9-3-1-5-20-9)13(15(18)19)8-10(13)11-4-2-6-21-11/h1-7,10H,8H2/b12-7+/t10-,13+/m1/s1. The third-order valence-electron chi connectivity index (χ3n) is 3.61. The van der Waals surface area contributed by atoms with Crippen LogP contribution in [0.3, 0.4) is 0 Å². The SMILES string of the molecule is O=[N+]([O-])/C(=C/c1cccs1)[C@]1([N+](=O)[O-])C[C@@H]1c1cccs1. The maximum Gasteiger partial charge on any atom is 0.324 e. The Bertz CT molecular complexity index is 709. The average Bonchev–Trinajstić information content (AvgIpc) is 2.88. The van der Waals surface area contributed by atoms with E-state index in [-0.39, 0.29) is 12.1 Å². The molecular weight excluding hydrogens is 312 g/mol. The molecule has 0 unspecified atom stereocenters. The van der Waals surface area contributed by atoms with Gasteiger partial charge >= 0.3 is 11.2 Å². The predicted octanol–water partition coefficient (Wildman–Crippen LogP) is 3.63. The number of rotatable bonds is 5. The Kier molecular flexibility index (Phi) is 3.34. The lowest BCUT2D eigenvalue weighted by Gasteiger charge is -2.06. The van der Waals surface area contributed by atoms with Crippen LogP contribution in [0.15, 0.2) is 40.7 Å². The number of nitrogens with zero attached hydrogens (tertiary/aromatic N) is 2. The summed E-state index contributed by atoms with van der Waals surface area (Å²) in [5, 5.41) is 26.5. The molecule has 0 spiro atoms. The Morgan fingerprint density at radius 1 is 1.24 bits per heavy atom. The summed E-state index contributed by atoms with van der Waals surface area (Å²) < 4.78 is 0. The molecule has 1 saturated carbocycles. The molecular formula is C13H10N2O4S2. The molecule has 0 aliphatic heterocycles. The van der Waals surface area contributed by atoms with Crippen molar-refractivity contribution in [2.24, 2.45) is 0 Å². The van der Waals surface area contributed by atoms with Crippen molar-refractivity contribution < 1.29 is 9.85 Å². The Morgan fingerprint density at radius 2 is 1.95 bits per heavy atom. The third kappa shape index (κ3) is 2.26. The second-order valence-corrected chi connectivity index (χ2v) is 6.71. The molecule has 2 atom stereocenters. The first-order chi connectivity index (χ1) is 10.1. The molecule has 2 heterocycles. The van der Waals surface area contributed by atoms with Gasteiger partial charge in [0.05, 0.1) is 10.8 Å². The maximum absolute atomic E-state index is 11.5. The van der Waals surface area contributed by atoms with Crippen LogP contribution in [0.4, 0.5) is 0 Å². The zero-order chi connectivity index (χ0) is 15.0. The molecule has 2 aromatic heterocycles. The summed E-state index contributed by atoms with van der Waals surface area (Å²) >= 11 is 2.72. The van der Waals surface area contributed by atoms with Crippen LogP contribution in [0.25, 0.3) is 6.08 Å². The molecule has 0 aromatic carbocycles. The molecule has 21 heavy (non-hydrogen) atoms. The summed E-state index contributed by atoms with van der Waals surface area (Å²) in [5.74, 6) is -0.413. The fourth-order valence-corrected chi connectivity index (χ4v) is 4.07. The first-order valence-corrected chi connectivity index (χ1v) is 7.89. The molecule has 0 radical (unpaired) electrons. The highest BCUT2D eigenvalue weighted by molar-refractivity contribution is 7.11. The lowest BCUT2D eigenvalue weighted by molar-refractivity contribution is -0.569. The van der Waals surface area contributed by atoms with E-state index in [1.54, 1.807) is 29.6 Å². The van der Waals surface area contributed by atoms with Crippen molar-refractivity contribution in [1.29, 1.82) is 0 Å². The summed E-state index contributed by atoms with van der Waals surface area (Å²) in [6, 6.07) is 7.07. The van der Waals surface area contributed by atoms with Crippen molar-refractivity contribution in [2.45, 2.75) is 17.9 Å². The largest absolute Gasteiger partial charge is 0.324 e. The lowest BCUT2D eigenvalue weighted by Crippen LogP contribution is -2.30. The van der Waals surface area contributed by atoms with E-state index in [1.165, 1.54) is 28.7 Å². The molecule has 0 bridgehead atoms. The summed E-state index contributed by atoms with van der Waals surface area (Å²) in [6.45, 7) is 0. The van der Waals surface area contributed by atoms with E-state index >= 15 is 0 Å². The molecule has 6 nitrogen and oxygen atoms in total. The zero-order valence-corrected chi connectivity index (χ0v) is 12.3. The molecule has 1 aliphatic carbocycles. The van der Waals surface area contributed by atoms with Crippen molar-refractivity contribution in [3.63, 3.8) is 0 Å². The van der Waals surface area contributed by atoms with Gasteiger partial charge in [0, 0.05) is 27.2 Å². The van der Waals surface area contributed by atoms with Crippen molar-refractivity contribution in [1.82, 2.24) is 0 Å². The quantitative estimate of drug-likeness (QED) is 0.621. The molecule has 1 fully saturated rings. The van der Waals surface area contributed by atoms with E-state index in [4.69, 9.17) is 0 Å². The second-order valence-electron chi connectivity index (χ2n) is 4.76. The van der Waals surface area contributed by atoms with E-state index < -0.39 is 21.3 Å². The molecule has 8 heteroatoms. The topological polar surface area (TPSA) is 86.3 Å². The number of hydrogen-bond donors (Lipinski definition) is 0. The van der Waals surface area contributed by atoms with Crippen molar-refractivity contribution >= 4 is 28.7 Å². The highest BCUT2D eigenvalue weighted by Crippen LogP contribution is 2.59. The van der Waals surface area contributed by atoms with Crippen LogP contribution in [-0.4, -0.2) is 15.4 Å². The zero-order valence-electron chi connectivity index (χ0n) is 10.7. The van der Waals surface area contributed by atoms with Gasteiger partial charge in [-0.2, -0.15) is 0 Å². The maximum atomic E-state index is 11.5. The first kappa shape index (κ1) is 13.9. The van der Waals surface area contributed by atoms with E-state index in [0.717, 1.165) is 4.88 Å². The fraction of sp³-hybridized carbons (Fsp3) is 0.231. The summed E-state index contributed by atoms with van der Waals surface area (Å²) in [5.41, 5.74) is -1.92. The van der Waals surface area contributed by atoms with Gasteiger partial charge in [0.2, 0.25) is 0 Å². The van der Waals surface area contributed by atoms with Crippen LogP contribution in [0.1, 0.15) is 22.1 Å². The molecule has 0 amide bonds. The highest BCUT2D eigenvalue weighted by atomic mass is 32.1. The van der Waals surface area contributed by atoms with Gasteiger partial charge in [0.1, 0.15) is 0 Å². The minimum absolute atomic E-state index is 0.179. The van der Waals surface area contributed by atoms with Crippen molar-refractivity contribution in [3.8, 4) is 0 Å². The van der Waals surface area contributed by atoms with Crippen molar-refractivity contribution in [2.75, 3.05) is 0 Å². The van der Waals surface area contributed by atoms with Gasteiger partial charge in [-0.15, -0.1) is 22.7 Å². The second kappa shape index (κ2) is 5.05. The molecule has 2 aromatic rings. The minimum Gasteiger partial charge on any atom is -0.263 e. The van der Waals surface area contributed by atoms with Crippen LogP contribution < -0.4 is 0 Å². The highest BCUT2D eigenvalue weighted by Gasteiger charge is 2.75. The summed E-state index contributed by atoms with van der Waals surface area (Å²) in [6.07, 6.45) is 1.51. The minimum atomic E-state index is -1.60. The third-order valence-corrected chi connectivity index (χ3v) is 5.41. The summed E-state index contributed by atoms with van der Waals surface area (Å²) in [4.78, 5) is 23.3. The van der Waals surface area contributed by atoms with Crippen LogP contribution in [0.2, 0.25) is 0 Å². The number of thiophene rings is 2. The first-order valence-electron chi connectivity index (χ1n) is 6.13. The van der Waals surface area contributed by atoms with Crippen LogP contribution in [0.5, 0.6) is 0 Å². The van der Waals surface area contributed by atoms with Crippen LogP contribution >= 0.6 is 22.7 Å². The van der Waals surface area contributed by atoms with Gasteiger partial charge < -0.3 is 0 Å². The van der Waals surface area contributed by atoms with E-state index in [9.17, 15) is 20.2 Å². The lowest BCUT2D eigenvalue weighted by atomic mass is 10.1. The Labute approximate surface area is 127 Å². The molecule has 108 valence electrons. The monoisotopic (exact) mass is 322 g/mol. The van der Waals surface area contributed by atoms with E-state index in [2.05, 4.69) is 0 Å². The van der Waals surface area contributed by atoms with E-state index in [1.807, 2.05) is 5.38 Å². The van der Waals surface area contributed by atoms with Crippen molar-refractivity contribution in [3.05, 3.63) is 70.7 Å². The van der Waals surface area contributed by atoms with Crippen LogP contribution in [0, 0.1) is 20.2 Å². The molecule has 0 N–H and O–H groups in total. The van der Waals surface area contributed by atoms with Gasteiger partial charge in [-0.05, 0) is 22.9 Å². The molecule has 3 rings (SSSR count). The van der Waals surface area contributed by atoms with E-state index in [0.29, 0.717) is 4.88 Å². The fourth-order valence-electron chi connectivity index (χ4n) is 2.50. The Hall–Kier alpha value is -2.06. The van der Waals surface area contributed by atoms with Gasteiger partial charge in [0.25, 0.3) is 0 Å². The molecule has 1 aliphatic rings. The van der Waals surface area contributed by atoms with Gasteiger partial charge in [-0.25, -0.2) is 0 Å².